The maximum atomic E-state index is 6.76. The highest BCUT2D eigenvalue weighted by molar-refractivity contribution is 7.26. The molecule has 0 spiro atoms. The minimum absolute atomic E-state index is 0.907. The van der Waals surface area contributed by atoms with E-state index in [4.69, 9.17) is 4.42 Å². The van der Waals surface area contributed by atoms with Crippen LogP contribution in [0.5, 0.6) is 0 Å². The Hall–Kier alpha value is -6.20. The molecular formula is C48H29NOS2. The monoisotopic (exact) mass is 699 g/mol. The highest BCUT2D eigenvalue weighted by Crippen LogP contribution is 2.46. The van der Waals surface area contributed by atoms with Crippen molar-refractivity contribution in [3.63, 3.8) is 0 Å². The maximum Gasteiger partial charge on any atom is 0.143 e. The second-order valence-corrected chi connectivity index (χ2v) is 15.4. The zero-order valence-corrected chi connectivity index (χ0v) is 29.5. The van der Waals surface area contributed by atoms with E-state index in [-0.39, 0.29) is 0 Å². The first-order valence-electron chi connectivity index (χ1n) is 17.5. The fourth-order valence-corrected chi connectivity index (χ4v) is 10.2. The zero-order chi connectivity index (χ0) is 34.2. The summed E-state index contributed by atoms with van der Waals surface area (Å²) in [7, 11) is 0. The van der Waals surface area contributed by atoms with Gasteiger partial charge in [0, 0.05) is 63.4 Å². The summed E-state index contributed by atoms with van der Waals surface area (Å²) in [5.41, 5.74) is 9.91. The lowest BCUT2D eigenvalue weighted by molar-refractivity contribution is 0.670. The molecule has 0 unspecified atom stereocenters. The predicted molar refractivity (Wildman–Crippen MR) is 225 cm³/mol. The molecule has 0 aliphatic carbocycles. The standard InChI is InChI=1S/C48H29NOS2/c1-3-11-33(12-4-1)49(34-13-5-2-6-14-34)42-19-10-18-40-41-27-32(23-26-45(41)52-48(40)42)35-16-9-17-39-36-24-21-30(28-43(36)50-47(35)39)31-22-25-38-37-15-7-8-20-44(37)51-46(38)29-31/h1-29H. The van der Waals surface area contributed by atoms with Crippen LogP contribution in [0.25, 0.3) is 84.5 Å². The van der Waals surface area contributed by atoms with Gasteiger partial charge in [0.05, 0.1) is 10.4 Å². The Kier molecular flexibility index (Phi) is 6.63. The Morgan fingerprint density at radius 3 is 1.85 bits per heavy atom. The van der Waals surface area contributed by atoms with Crippen LogP contribution in [0.4, 0.5) is 17.1 Å². The summed E-state index contributed by atoms with van der Waals surface area (Å²) in [4.78, 5) is 2.36. The summed E-state index contributed by atoms with van der Waals surface area (Å²) in [6, 6.07) is 63.5. The normalized spacial score (nSPS) is 11.8. The molecule has 11 rings (SSSR count). The fourth-order valence-electron chi connectivity index (χ4n) is 7.82. The molecule has 0 radical (unpaired) electrons. The summed E-state index contributed by atoms with van der Waals surface area (Å²) in [5.74, 6) is 0. The number of anilines is 3. The second kappa shape index (κ2) is 11.7. The molecule has 0 atom stereocenters. The molecule has 3 aromatic heterocycles. The molecule has 0 saturated carbocycles. The van der Waals surface area contributed by atoms with E-state index in [1.807, 2.05) is 22.7 Å². The molecule has 11 aromatic rings. The lowest BCUT2D eigenvalue weighted by Gasteiger charge is -2.25. The first-order chi connectivity index (χ1) is 25.8. The van der Waals surface area contributed by atoms with Crippen molar-refractivity contribution in [2.75, 3.05) is 4.90 Å². The summed E-state index contributed by atoms with van der Waals surface area (Å²) in [6.45, 7) is 0. The largest absolute Gasteiger partial charge is 0.455 e. The summed E-state index contributed by atoms with van der Waals surface area (Å²) in [6.07, 6.45) is 0. The van der Waals surface area contributed by atoms with Crippen molar-refractivity contribution in [2.24, 2.45) is 0 Å². The number of benzene rings is 8. The van der Waals surface area contributed by atoms with Crippen molar-refractivity contribution in [3.05, 3.63) is 176 Å². The van der Waals surface area contributed by atoms with Gasteiger partial charge < -0.3 is 9.32 Å². The van der Waals surface area contributed by atoms with Crippen molar-refractivity contribution >= 4 is 102 Å². The first-order valence-corrected chi connectivity index (χ1v) is 19.1. The van der Waals surface area contributed by atoms with Crippen molar-refractivity contribution < 1.29 is 4.42 Å². The molecule has 2 nitrogen and oxygen atoms in total. The third-order valence-corrected chi connectivity index (χ3v) is 12.6. The molecule has 0 fully saturated rings. The van der Waals surface area contributed by atoms with Crippen LogP contribution in [0.2, 0.25) is 0 Å². The molecule has 8 aromatic carbocycles. The van der Waals surface area contributed by atoms with Gasteiger partial charge in [0.2, 0.25) is 0 Å². The second-order valence-electron chi connectivity index (χ2n) is 13.3. The number of rotatable bonds is 5. The Labute approximate surface area is 308 Å². The minimum Gasteiger partial charge on any atom is -0.455 e. The van der Waals surface area contributed by atoms with Gasteiger partial charge in [0.15, 0.2) is 0 Å². The van der Waals surface area contributed by atoms with Gasteiger partial charge in [-0.25, -0.2) is 0 Å². The average molecular weight is 700 g/mol. The van der Waals surface area contributed by atoms with Gasteiger partial charge in [-0.15, -0.1) is 22.7 Å². The van der Waals surface area contributed by atoms with Crippen molar-refractivity contribution in [2.45, 2.75) is 0 Å². The first kappa shape index (κ1) is 29.5. The van der Waals surface area contributed by atoms with Crippen LogP contribution in [0.1, 0.15) is 0 Å². The summed E-state index contributed by atoms with van der Waals surface area (Å²) >= 11 is 3.71. The van der Waals surface area contributed by atoms with Crippen LogP contribution in [0.15, 0.2) is 180 Å². The molecule has 244 valence electrons. The van der Waals surface area contributed by atoms with Crippen LogP contribution < -0.4 is 4.90 Å². The van der Waals surface area contributed by atoms with E-state index in [2.05, 4.69) is 181 Å². The van der Waals surface area contributed by atoms with E-state index in [0.717, 1.165) is 50.0 Å². The molecule has 0 amide bonds. The van der Waals surface area contributed by atoms with Gasteiger partial charge in [-0.1, -0.05) is 109 Å². The van der Waals surface area contributed by atoms with Crippen LogP contribution >= 0.6 is 22.7 Å². The van der Waals surface area contributed by atoms with E-state index < -0.39 is 0 Å². The topological polar surface area (TPSA) is 16.4 Å². The number of hydrogen-bond donors (Lipinski definition) is 0. The summed E-state index contributed by atoms with van der Waals surface area (Å²) in [5, 5.41) is 7.43. The molecule has 3 heterocycles. The van der Waals surface area contributed by atoms with Crippen LogP contribution in [0, 0.1) is 0 Å². The zero-order valence-electron chi connectivity index (χ0n) is 27.9. The molecule has 0 N–H and O–H groups in total. The number of fused-ring (bicyclic) bond motifs is 9. The highest BCUT2D eigenvalue weighted by Gasteiger charge is 2.19. The fraction of sp³-hybridized carbons (Fsp3) is 0. The molecule has 0 saturated heterocycles. The Bertz CT molecular complexity index is 3090. The molecular weight excluding hydrogens is 671 g/mol. The van der Waals surface area contributed by atoms with Gasteiger partial charge in [0.1, 0.15) is 11.2 Å². The molecule has 52 heavy (non-hydrogen) atoms. The Morgan fingerprint density at radius 2 is 1.02 bits per heavy atom. The summed E-state index contributed by atoms with van der Waals surface area (Å²) < 4.78 is 11.9. The third kappa shape index (κ3) is 4.62. The number of para-hydroxylation sites is 3. The third-order valence-electron chi connectivity index (χ3n) is 10.3. The van der Waals surface area contributed by atoms with Gasteiger partial charge in [-0.3, -0.25) is 0 Å². The molecule has 0 aliphatic rings. The van der Waals surface area contributed by atoms with E-state index in [9.17, 15) is 0 Å². The van der Waals surface area contributed by atoms with E-state index in [0.29, 0.717) is 0 Å². The van der Waals surface area contributed by atoms with Crippen LogP contribution in [-0.2, 0) is 0 Å². The van der Waals surface area contributed by atoms with Gasteiger partial charge in [-0.2, -0.15) is 0 Å². The smallest absolute Gasteiger partial charge is 0.143 e. The Balaban J connectivity index is 1.03. The molecule has 0 bridgehead atoms. The van der Waals surface area contributed by atoms with E-state index in [1.54, 1.807) is 0 Å². The molecule has 0 aliphatic heterocycles. The predicted octanol–water partition coefficient (Wildman–Crippen LogP) is 15.1. The number of thiophene rings is 2. The van der Waals surface area contributed by atoms with Crippen molar-refractivity contribution in [3.8, 4) is 22.3 Å². The van der Waals surface area contributed by atoms with Crippen LogP contribution in [0.3, 0.4) is 0 Å². The van der Waals surface area contributed by atoms with Crippen molar-refractivity contribution in [1.29, 1.82) is 0 Å². The van der Waals surface area contributed by atoms with E-state index >= 15 is 0 Å². The maximum absolute atomic E-state index is 6.76. The lowest BCUT2D eigenvalue weighted by Crippen LogP contribution is -2.09. The van der Waals surface area contributed by atoms with Gasteiger partial charge in [-0.05, 0) is 83.4 Å². The average Bonchev–Trinajstić information content (AvgIpc) is 3.89. The minimum atomic E-state index is 0.907. The quantitative estimate of drug-likeness (QED) is 0.178. The van der Waals surface area contributed by atoms with Crippen LogP contribution in [-0.4, -0.2) is 0 Å². The number of nitrogens with zero attached hydrogens (tertiary/aromatic N) is 1. The lowest BCUT2D eigenvalue weighted by atomic mass is 9.99. The SMILES string of the molecule is c1ccc(N(c2ccccc2)c2cccc3c2sc2ccc(-c4cccc5c4oc4cc(-c6ccc7c(c6)sc6ccccc67)ccc45)cc23)cc1. The van der Waals surface area contributed by atoms with Crippen molar-refractivity contribution in [1.82, 2.24) is 0 Å². The molecule has 4 heteroatoms. The Morgan fingerprint density at radius 1 is 0.385 bits per heavy atom. The number of furan rings is 1. The van der Waals surface area contributed by atoms with Gasteiger partial charge >= 0.3 is 0 Å². The van der Waals surface area contributed by atoms with Gasteiger partial charge in [0.25, 0.3) is 0 Å². The number of hydrogen-bond acceptors (Lipinski definition) is 4. The highest BCUT2D eigenvalue weighted by atomic mass is 32.1. The van der Waals surface area contributed by atoms with E-state index in [1.165, 1.54) is 51.6 Å².